The maximum atomic E-state index is 6.43. The van der Waals surface area contributed by atoms with E-state index in [9.17, 15) is 0 Å². The van der Waals surface area contributed by atoms with E-state index in [-0.39, 0.29) is 35.6 Å². The van der Waals surface area contributed by atoms with Crippen LogP contribution in [0.1, 0.15) is 57.1 Å². The van der Waals surface area contributed by atoms with Crippen LogP contribution in [0, 0.1) is 0 Å². The molecular formula is C20H30IN3O. The topological polar surface area (TPSA) is 45.7 Å². The third kappa shape index (κ3) is 4.90. The summed E-state index contributed by atoms with van der Waals surface area (Å²) in [6.45, 7) is 2.94. The number of guanidine groups is 1. The van der Waals surface area contributed by atoms with Crippen molar-refractivity contribution in [3.8, 4) is 5.75 Å². The first-order valence-electron chi connectivity index (χ1n) is 9.13. The Hall–Kier alpha value is -1.24. The second kappa shape index (κ2) is 9.46. The standard InChI is InChI=1S/C20H29N3O.HI/c1-3-4-9-14-22-19(21-2)23-17-15-20(12-7-8-13-20)24-18-11-6-5-10-16(17)18;/h3-6,10-11,17H,7-9,12-15H2,1-2H3,(H2,21,22,23);1H/b4-3+;. The molecule has 4 nitrogen and oxygen atoms in total. The second-order valence-electron chi connectivity index (χ2n) is 6.79. The number of aliphatic imine (C=N–C) groups is 1. The average molecular weight is 455 g/mol. The molecule has 0 radical (unpaired) electrons. The van der Waals surface area contributed by atoms with Crippen LogP contribution in [0.15, 0.2) is 41.4 Å². The first-order chi connectivity index (χ1) is 11.8. The second-order valence-corrected chi connectivity index (χ2v) is 6.79. The molecule has 0 bridgehead atoms. The molecule has 0 amide bonds. The van der Waals surface area contributed by atoms with Crippen molar-refractivity contribution in [2.75, 3.05) is 13.6 Å². The van der Waals surface area contributed by atoms with E-state index in [0.29, 0.717) is 0 Å². The maximum absolute atomic E-state index is 6.43. The smallest absolute Gasteiger partial charge is 0.191 e. The van der Waals surface area contributed by atoms with E-state index in [1.54, 1.807) is 0 Å². The molecule has 3 rings (SSSR count). The molecule has 138 valence electrons. The summed E-state index contributed by atoms with van der Waals surface area (Å²) in [6, 6.07) is 8.67. The minimum absolute atomic E-state index is 0. The predicted octanol–water partition coefficient (Wildman–Crippen LogP) is 4.57. The Bertz CT molecular complexity index is 609. The number of ether oxygens (including phenoxy) is 1. The minimum Gasteiger partial charge on any atom is -0.487 e. The Morgan fingerprint density at radius 2 is 2.08 bits per heavy atom. The summed E-state index contributed by atoms with van der Waals surface area (Å²) in [5, 5.41) is 7.03. The first kappa shape index (κ1) is 20.1. The fourth-order valence-electron chi connectivity index (χ4n) is 3.87. The van der Waals surface area contributed by atoms with Gasteiger partial charge in [-0.3, -0.25) is 4.99 Å². The van der Waals surface area contributed by atoms with Gasteiger partial charge in [0.05, 0.1) is 6.04 Å². The highest BCUT2D eigenvalue weighted by molar-refractivity contribution is 14.0. The zero-order chi connectivity index (χ0) is 16.8. The van der Waals surface area contributed by atoms with Crippen LogP contribution >= 0.6 is 24.0 Å². The van der Waals surface area contributed by atoms with Crippen LogP contribution in [-0.2, 0) is 0 Å². The monoisotopic (exact) mass is 455 g/mol. The molecule has 0 saturated heterocycles. The summed E-state index contributed by atoms with van der Waals surface area (Å²) in [7, 11) is 1.83. The fourth-order valence-corrected chi connectivity index (χ4v) is 3.87. The van der Waals surface area contributed by atoms with Gasteiger partial charge in [0.2, 0.25) is 0 Å². The molecule has 1 spiro atoms. The van der Waals surface area contributed by atoms with E-state index in [2.05, 4.69) is 52.0 Å². The van der Waals surface area contributed by atoms with Gasteiger partial charge in [0.25, 0.3) is 0 Å². The number of nitrogens with zero attached hydrogens (tertiary/aromatic N) is 1. The van der Waals surface area contributed by atoms with E-state index in [1.165, 1.54) is 18.4 Å². The fraction of sp³-hybridized carbons (Fsp3) is 0.550. The lowest BCUT2D eigenvalue weighted by atomic mass is 9.86. The van der Waals surface area contributed by atoms with Crippen LogP contribution in [0.3, 0.4) is 0 Å². The van der Waals surface area contributed by atoms with Gasteiger partial charge < -0.3 is 15.4 Å². The van der Waals surface area contributed by atoms with Crippen molar-refractivity contribution in [1.29, 1.82) is 0 Å². The SMILES string of the molecule is C/C=C/CCNC(=NC)NC1CC2(CCCC2)Oc2ccccc21.I. The number of para-hydroxylation sites is 1. The van der Waals surface area contributed by atoms with Gasteiger partial charge in [-0.05, 0) is 45.1 Å². The molecule has 2 aliphatic rings. The molecule has 1 atom stereocenters. The molecule has 5 heteroatoms. The van der Waals surface area contributed by atoms with Crippen molar-refractivity contribution in [3.05, 3.63) is 42.0 Å². The number of benzene rings is 1. The lowest BCUT2D eigenvalue weighted by Crippen LogP contribution is -2.46. The summed E-state index contributed by atoms with van der Waals surface area (Å²) in [5.74, 6) is 1.90. The highest BCUT2D eigenvalue weighted by Crippen LogP contribution is 2.46. The molecule has 1 heterocycles. The predicted molar refractivity (Wildman–Crippen MR) is 115 cm³/mol. The van der Waals surface area contributed by atoms with Gasteiger partial charge in [0.15, 0.2) is 5.96 Å². The van der Waals surface area contributed by atoms with Gasteiger partial charge in [0, 0.05) is 25.6 Å². The third-order valence-corrected chi connectivity index (χ3v) is 5.09. The normalized spacial score (nSPS) is 21.5. The van der Waals surface area contributed by atoms with Gasteiger partial charge in [0.1, 0.15) is 11.4 Å². The number of nitrogens with one attached hydrogen (secondary N) is 2. The molecule has 1 fully saturated rings. The maximum Gasteiger partial charge on any atom is 0.191 e. The molecule has 1 saturated carbocycles. The quantitative estimate of drug-likeness (QED) is 0.230. The van der Waals surface area contributed by atoms with E-state index >= 15 is 0 Å². The Balaban J connectivity index is 0.00000225. The van der Waals surface area contributed by atoms with Gasteiger partial charge in [-0.2, -0.15) is 0 Å². The Kier molecular flexibility index (Phi) is 7.59. The molecule has 1 aromatic rings. The van der Waals surface area contributed by atoms with E-state index < -0.39 is 0 Å². The third-order valence-electron chi connectivity index (χ3n) is 5.09. The highest BCUT2D eigenvalue weighted by atomic mass is 127. The van der Waals surface area contributed by atoms with Crippen molar-refractivity contribution in [3.63, 3.8) is 0 Å². The molecule has 1 aliphatic carbocycles. The first-order valence-corrected chi connectivity index (χ1v) is 9.13. The van der Waals surface area contributed by atoms with Gasteiger partial charge >= 0.3 is 0 Å². The Labute approximate surface area is 168 Å². The van der Waals surface area contributed by atoms with Crippen molar-refractivity contribution in [2.24, 2.45) is 4.99 Å². The lowest BCUT2D eigenvalue weighted by Gasteiger charge is -2.40. The number of hydrogen-bond donors (Lipinski definition) is 2. The van der Waals surface area contributed by atoms with E-state index in [4.69, 9.17) is 4.74 Å². The van der Waals surface area contributed by atoms with Gasteiger partial charge in [-0.15, -0.1) is 24.0 Å². The van der Waals surface area contributed by atoms with Crippen LogP contribution in [0.2, 0.25) is 0 Å². The summed E-state index contributed by atoms with van der Waals surface area (Å²) in [4.78, 5) is 4.40. The van der Waals surface area contributed by atoms with Crippen LogP contribution in [0.4, 0.5) is 0 Å². The van der Waals surface area contributed by atoms with Crippen LogP contribution < -0.4 is 15.4 Å². The molecule has 1 aromatic carbocycles. The minimum atomic E-state index is 0. The summed E-state index contributed by atoms with van der Waals surface area (Å²) < 4.78 is 6.43. The molecule has 25 heavy (non-hydrogen) atoms. The van der Waals surface area contributed by atoms with E-state index in [0.717, 1.165) is 43.9 Å². The lowest BCUT2D eigenvalue weighted by molar-refractivity contribution is 0.0396. The number of halogens is 1. The largest absolute Gasteiger partial charge is 0.487 e. The van der Waals surface area contributed by atoms with Crippen LogP contribution in [-0.4, -0.2) is 25.2 Å². The molecule has 1 aliphatic heterocycles. The van der Waals surface area contributed by atoms with Crippen molar-refractivity contribution in [1.82, 2.24) is 10.6 Å². The number of hydrogen-bond acceptors (Lipinski definition) is 2. The Morgan fingerprint density at radius 1 is 1.32 bits per heavy atom. The molecular weight excluding hydrogens is 425 g/mol. The summed E-state index contributed by atoms with van der Waals surface area (Å²) in [6.07, 6.45) is 11.1. The molecule has 1 unspecified atom stereocenters. The van der Waals surface area contributed by atoms with Gasteiger partial charge in [-0.25, -0.2) is 0 Å². The zero-order valence-corrected chi connectivity index (χ0v) is 17.6. The zero-order valence-electron chi connectivity index (χ0n) is 15.3. The van der Waals surface area contributed by atoms with Crippen LogP contribution in [0.5, 0.6) is 5.75 Å². The van der Waals surface area contributed by atoms with Gasteiger partial charge in [-0.1, -0.05) is 30.4 Å². The highest BCUT2D eigenvalue weighted by Gasteiger charge is 2.43. The number of rotatable bonds is 4. The van der Waals surface area contributed by atoms with Crippen LogP contribution in [0.25, 0.3) is 0 Å². The number of allylic oxidation sites excluding steroid dienone is 1. The Morgan fingerprint density at radius 3 is 2.80 bits per heavy atom. The van der Waals surface area contributed by atoms with Crippen molar-refractivity contribution in [2.45, 2.75) is 57.1 Å². The van der Waals surface area contributed by atoms with Crippen molar-refractivity contribution >= 4 is 29.9 Å². The molecule has 0 aromatic heterocycles. The van der Waals surface area contributed by atoms with Crippen molar-refractivity contribution < 1.29 is 4.74 Å². The average Bonchev–Trinajstić information content (AvgIpc) is 3.05. The summed E-state index contributed by atoms with van der Waals surface area (Å²) in [5.41, 5.74) is 1.25. The van der Waals surface area contributed by atoms with E-state index in [1.807, 2.05) is 14.0 Å². The summed E-state index contributed by atoms with van der Waals surface area (Å²) >= 11 is 0. The number of fused-ring (bicyclic) bond motifs is 1. The molecule has 2 N–H and O–H groups in total.